The molecule has 0 fully saturated rings. The summed E-state index contributed by atoms with van der Waals surface area (Å²) in [6.07, 6.45) is 2.94. The van der Waals surface area contributed by atoms with E-state index in [-0.39, 0.29) is 5.91 Å². The van der Waals surface area contributed by atoms with Gasteiger partial charge in [-0.15, -0.1) is 0 Å². The minimum atomic E-state index is -0.569. The lowest BCUT2D eigenvalue weighted by atomic mass is 10.0. The zero-order valence-electron chi connectivity index (χ0n) is 15.9. The molecule has 1 amide bonds. The minimum absolute atomic E-state index is 0.145. The highest BCUT2D eigenvalue weighted by atomic mass is 16.5. The van der Waals surface area contributed by atoms with E-state index in [1.165, 1.54) is 5.56 Å². The van der Waals surface area contributed by atoms with Crippen LogP contribution in [-0.4, -0.2) is 22.0 Å². The minimum Gasteiger partial charge on any atom is -0.481 e. The summed E-state index contributed by atoms with van der Waals surface area (Å²) >= 11 is 0. The SMILES string of the molecule is CC(C)c1cccc(O[C@H](C)C(=O)NCc2cccc(-c3ncc[nH]3)c2)c1. The highest BCUT2D eigenvalue weighted by Crippen LogP contribution is 2.21. The van der Waals surface area contributed by atoms with Gasteiger partial charge in [-0.2, -0.15) is 0 Å². The molecule has 0 saturated carbocycles. The molecule has 27 heavy (non-hydrogen) atoms. The van der Waals surface area contributed by atoms with Crippen LogP contribution in [0.25, 0.3) is 11.4 Å². The van der Waals surface area contributed by atoms with Gasteiger partial charge in [0.25, 0.3) is 5.91 Å². The maximum absolute atomic E-state index is 12.4. The predicted octanol–water partition coefficient (Wildman–Crippen LogP) is 4.28. The maximum atomic E-state index is 12.4. The topological polar surface area (TPSA) is 67.0 Å². The van der Waals surface area contributed by atoms with Crippen LogP contribution in [0.15, 0.2) is 60.9 Å². The Morgan fingerprint density at radius 3 is 2.70 bits per heavy atom. The number of carbonyl (C=O) groups excluding carboxylic acids is 1. The third-order valence-corrected chi connectivity index (χ3v) is 4.37. The van der Waals surface area contributed by atoms with Crippen molar-refractivity contribution in [1.82, 2.24) is 15.3 Å². The lowest BCUT2D eigenvalue weighted by Gasteiger charge is -2.16. The highest BCUT2D eigenvalue weighted by molar-refractivity contribution is 5.80. The lowest BCUT2D eigenvalue weighted by Crippen LogP contribution is -2.35. The molecule has 0 aliphatic rings. The summed E-state index contributed by atoms with van der Waals surface area (Å²) in [6, 6.07) is 15.8. The maximum Gasteiger partial charge on any atom is 0.261 e. The molecule has 0 unspecified atom stereocenters. The van der Waals surface area contributed by atoms with Crippen molar-refractivity contribution in [1.29, 1.82) is 0 Å². The molecule has 0 radical (unpaired) electrons. The molecule has 2 N–H and O–H groups in total. The zero-order valence-corrected chi connectivity index (χ0v) is 15.9. The van der Waals surface area contributed by atoms with Gasteiger partial charge in [0, 0.05) is 24.5 Å². The van der Waals surface area contributed by atoms with Gasteiger partial charge >= 0.3 is 0 Å². The number of nitrogens with one attached hydrogen (secondary N) is 2. The summed E-state index contributed by atoms with van der Waals surface area (Å²) in [4.78, 5) is 19.7. The van der Waals surface area contributed by atoms with Gasteiger partial charge in [-0.25, -0.2) is 4.98 Å². The van der Waals surface area contributed by atoms with Crippen molar-refractivity contribution in [2.75, 3.05) is 0 Å². The Balaban J connectivity index is 1.57. The number of H-pyrrole nitrogens is 1. The second-order valence-electron chi connectivity index (χ2n) is 6.84. The van der Waals surface area contributed by atoms with E-state index in [1.54, 1.807) is 19.3 Å². The van der Waals surface area contributed by atoms with E-state index in [0.717, 1.165) is 17.0 Å². The first kappa shape index (κ1) is 18.7. The smallest absolute Gasteiger partial charge is 0.261 e. The van der Waals surface area contributed by atoms with E-state index in [4.69, 9.17) is 4.74 Å². The fraction of sp³-hybridized carbons (Fsp3) is 0.273. The first-order valence-electron chi connectivity index (χ1n) is 9.16. The monoisotopic (exact) mass is 363 g/mol. The molecule has 5 heteroatoms. The van der Waals surface area contributed by atoms with E-state index in [0.29, 0.717) is 18.2 Å². The average Bonchev–Trinajstić information content (AvgIpc) is 3.21. The Bertz CT molecular complexity index is 888. The number of benzene rings is 2. The number of rotatable bonds is 7. The van der Waals surface area contributed by atoms with Gasteiger partial charge in [-0.05, 0) is 42.2 Å². The van der Waals surface area contributed by atoms with Crippen LogP contribution >= 0.6 is 0 Å². The van der Waals surface area contributed by atoms with E-state index < -0.39 is 6.10 Å². The Morgan fingerprint density at radius 2 is 1.96 bits per heavy atom. The third kappa shape index (κ3) is 4.97. The van der Waals surface area contributed by atoms with Crippen molar-refractivity contribution < 1.29 is 9.53 Å². The van der Waals surface area contributed by atoms with Gasteiger partial charge in [0.15, 0.2) is 6.10 Å². The summed E-state index contributed by atoms with van der Waals surface area (Å²) in [5, 5.41) is 2.93. The average molecular weight is 363 g/mol. The summed E-state index contributed by atoms with van der Waals surface area (Å²) in [7, 11) is 0. The van der Waals surface area contributed by atoms with Gasteiger partial charge in [-0.1, -0.05) is 44.2 Å². The Kier molecular flexibility index (Phi) is 5.91. The number of ether oxygens (including phenoxy) is 1. The number of imidazole rings is 1. The van der Waals surface area contributed by atoms with Crippen molar-refractivity contribution in [2.24, 2.45) is 0 Å². The summed E-state index contributed by atoms with van der Waals surface area (Å²) in [5.74, 6) is 1.79. The molecule has 5 nitrogen and oxygen atoms in total. The van der Waals surface area contributed by atoms with E-state index in [2.05, 4.69) is 35.2 Å². The molecule has 1 aromatic heterocycles. The van der Waals surface area contributed by atoms with Crippen molar-refractivity contribution in [2.45, 2.75) is 39.3 Å². The molecule has 1 atom stereocenters. The molecular weight excluding hydrogens is 338 g/mol. The van der Waals surface area contributed by atoms with Gasteiger partial charge in [0.2, 0.25) is 0 Å². The Hall–Kier alpha value is -3.08. The van der Waals surface area contributed by atoms with Crippen LogP contribution in [-0.2, 0) is 11.3 Å². The van der Waals surface area contributed by atoms with Crippen LogP contribution in [0.2, 0.25) is 0 Å². The molecule has 2 aromatic carbocycles. The number of aromatic amines is 1. The molecule has 0 bridgehead atoms. The van der Waals surface area contributed by atoms with Crippen molar-refractivity contribution in [3.63, 3.8) is 0 Å². The molecule has 140 valence electrons. The molecule has 0 spiro atoms. The summed E-state index contributed by atoms with van der Waals surface area (Å²) in [5.41, 5.74) is 3.18. The zero-order chi connectivity index (χ0) is 19.2. The van der Waals surface area contributed by atoms with Gasteiger partial charge in [0.05, 0.1) is 0 Å². The number of hydrogen-bond donors (Lipinski definition) is 2. The number of hydrogen-bond acceptors (Lipinski definition) is 3. The molecule has 0 aliphatic carbocycles. The van der Waals surface area contributed by atoms with Gasteiger partial charge in [0.1, 0.15) is 11.6 Å². The van der Waals surface area contributed by atoms with Crippen LogP contribution in [0.4, 0.5) is 0 Å². The first-order valence-corrected chi connectivity index (χ1v) is 9.16. The van der Waals surface area contributed by atoms with Crippen molar-refractivity contribution >= 4 is 5.91 Å². The standard InChI is InChI=1S/C22H25N3O2/c1-15(2)18-7-5-9-20(13-18)27-16(3)22(26)25-14-17-6-4-8-19(12-17)21-23-10-11-24-21/h4-13,15-16H,14H2,1-3H3,(H,23,24)(H,25,26)/t16-/m1/s1. The number of nitrogens with zero attached hydrogens (tertiary/aromatic N) is 1. The number of carbonyl (C=O) groups is 1. The molecular formula is C22H25N3O2. The molecule has 0 aliphatic heterocycles. The van der Waals surface area contributed by atoms with E-state index in [1.807, 2.05) is 42.5 Å². The van der Waals surface area contributed by atoms with Crippen LogP contribution < -0.4 is 10.1 Å². The highest BCUT2D eigenvalue weighted by Gasteiger charge is 2.15. The second kappa shape index (κ2) is 8.54. The summed E-state index contributed by atoms with van der Waals surface area (Å²) < 4.78 is 5.81. The van der Waals surface area contributed by atoms with Crippen molar-refractivity contribution in [3.05, 3.63) is 72.1 Å². The van der Waals surface area contributed by atoms with E-state index in [9.17, 15) is 4.79 Å². The third-order valence-electron chi connectivity index (χ3n) is 4.37. The van der Waals surface area contributed by atoms with Crippen LogP contribution in [0.3, 0.4) is 0 Å². The molecule has 0 saturated heterocycles. The normalized spacial score (nSPS) is 12.0. The van der Waals surface area contributed by atoms with Crippen molar-refractivity contribution in [3.8, 4) is 17.1 Å². The van der Waals surface area contributed by atoms with Crippen LogP contribution in [0.5, 0.6) is 5.75 Å². The fourth-order valence-electron chi connectivity index (χ4n) is 2.79. The van der Waals surface area contributed by atoms with Crippen LogP contribution in [0.1, 0.15) is 37.8 Å². The fourth-order valence-corrected chi connectivity index (χ4v) is 2.79. The quantitative estimate of drug-likeness (QED) is 0.658. The first-order chi connectivity index (χ1) is 13.0. The molecule has 1 heterocycles. The second-order valence-corrected chi connectivity index (χ2v) is 6.84. The Morgan fingerprint density at radius 1 is 1.15 bits per heavy atom. The Labute approximate surface area is 159 Å². The van der Waals surface area contributed by atoms with Gasteiger partial charge in [-0.3, -0.25) is 4.79 Å². The molecule has 3 rings (SSSR count). The number of aromatic nitrogens is 2. The van der Waals surface area contributed by atoms with Crippen LogP contribution in [0, 0.1) is 0 Å². The van der Waals surface area contributed by atoms with E-state index >= 15 is 0 Å². The number of amides is 1. The van der Waals surface area contributed by atoms with Gasteiger partial charge < -0.3 is 15.0 Å². The predicted molar refractivity (Wildman–Crippen MR) is 106 cm³/mol. The largest absolute Gasteiger partial charge is 0.481 e. The summed E-state index contributed by atoms with van der Waals surface area (Å²) in [6.45, 7) is 6.46. The lowest BCUT2D eigenvalue weighted by molar-refractivity contribution is -0.127. The molecule has 3 aromatic rings.